The van der Waals surface area contributed by atoms with Gasteiger partial charge in [0, 0.05) is 6.42 Å². The molecule has 1 aliphatic heterocycles. The normalized spacial score (nSPS) is 30.0. The molecule has 0 bridgehead atoms. The van der Waals surface area contributed by atoms with Crippen molar-refractivity contribution in [3.05, 3.63) is 0 Å². The highest BCUT2D eigenvalue weighted by molar-refractivity contribution is 5.77. The monoisotopic (exact) mass is 169 g/mol. The molecule has 0 aromatic rings. The summed E-state index contributed by atoms with van der Waals surface area (Å²) in [6.07, 6.45) is 4.87. The molecule has 12 heavy (non-hydrogen) atoms. The number of carbonyl (C=O) groups excluding carboxylic acids is 1. The van der Waals surface area contributed by atoms with Crippen LogP contribution in [0.4, 0.5) is 0 Å². The van der Waals surface area contributed by atoms with Crippen LogP contribution < -0.4 is 5.32 Å². The fourth-order valence-electron chi connectivity index (χ4n) is 1.69. The minimum Gasteiger partial charge on any atom is -0.464 e. The average Bonchev–Trinajstić information content (AvgIpc) is 2.33. The van der Waals surface area contributed by atoms with E-state index in [1.165, 1.54) is 19.3 Å². The van der Waals surface area contributed by atoms with E-state index in [0.717, 1.165) is 18.9 Å². The molecule has 0 amide bonds. The summed E-state index contributed by atoms with van der Waals surface area (Å²) in [5, 5.41) is 3.26. The fourth-order valence-corrected chi connectivity index (χ4v) is 1.69. The Morgan fingerprint density at radius 3 is 2.75 bits per heavy atom. The molecule has 0 aromatic carbocycles. The Bertz CT molecular complexity index is 177. The zero-order chi connectivity index (χ0) is 8.39. The molecule has 1 saturated carbocycles. The first kappa shape index (κ1) is 8.05. The van der Waals surface area contributed by atoms with Crippen LogP contribution in [-0.4, -0.2) is 25.2 Å². The van der Waals surface area contributed by atoms with Crippen molar-refractivity contribution in [2.24, 2.45) is 5.92 Å². The van der Waals surface area contributed by atoms with E-state index >= 15 is 0 Å². The summed E-state index contributed by atoms with van der Waals surface area (Å²) < 4.78 is 4.85. The van der Waals surface area contributed by atoms with Crippen molar-refractivity contribution in [1.82, 2.24) is 5.32 Å². The second-order valence-corrected chi connectivity index (χ2v) is 3.71. The van der Waals surface area contributed by atoms with Gasteiger partial charge < -0.3 is 10.1 Å². The number of rotatable bonds is 3. The largest absolute Gasteiger partial charge is 0.464 e. The second-order valence-electron chi connectivity index (χ2n) is 3.71. The Morgan fingerprint density at radius 2 is 2.25 bits per heavy atom. The molecule has 1 atom stereocenters. The van der Waals surface area contributed by atoms with Gasteiger partial charge in [-0.25, -0.2) is 0 Å². The first-order chi connectivity index (χ1) is 5.86. The van der Waals surface area contributed by atoms with E-state index in [1.807, 2.05) is 0 Å². The Morgan fingerprint density at radius 1 is 1.42 bits per heavy atom. The predicted octanol–water partition coefficient (Wildman–Crippen LogP) is 0.692. The van der Waals surface area contributed by atoms with Crippen LogP contribution in [0.2, 0.25) is 0 Å². The SMILES string of the molecule is O=C1OCCC1NCC1CCC1. The molecule has 1 heterocycles. The summed E-state index contributed by atoms with van der Waals surface area (Å²) >= 11 is 0. The van der Waals surface area contributed by atoms with Gasteiger partial charge in [0.2, 0.25) is 0 Å². The van der Waals surface area contributed by atoms with Gasteiger partial charge in [-0.3, -0.25) is 4.79 Å². The minimum absolute atomic E-state index is 0.00870. The second kappa shape index (κ2) is 3.44. The highest BCUT2D eigenvalue weighted by atomic mass is 16.5. The zero-order valence-corrected chi connectivity index (χ0v) is 7.21. The molecule has 3 nitrogen and oxygen atoms in total. The van der Waals surface area contributed by atoms with Crippen LogP contribution in [0, 0.1) is 5.92 Å². The van der Waals surface area contributed by atoms with Crippen LogP contribution >= 0.6 is 0 Å². The van der Waals surface area contributed by atoms with Gasteiger partial charge in [0.1, 0.15) is 6.04 Å². The molecule has 3 heteroatoms. The number of nitrogens with one attached hydrogen (secondary N) is 1. The van der Waals surface area contributed by atoms with Crippen molar-refractivity contribution in [1.29, 1.82) is 0 Å². The number of ether oxygens (including phenoxy) is 1. The summed E-state index contributed by atoms with van der Waals surface area (Å²) in [6, 6.07) is -0.00870. The first-order valence-corrected chi connectivity index (χ1v) is 4.76. The van der Waals surface area contributed by atoms with E-state index in [2.05, 4.69) is 5.32 Å². The Kier molecular flexibility index (Phi) is 2.30. The number of cyclic esters (lactones) is 1. The molecular formula is C9H15NO2. The molecule has 1 saturated heterocycles. The maximum absolute atomic E-state index is 11.0. The van der Waals surface area contributed by atoms with E-state index in [1.54, 1.807) is 0 Å². The van der Waals surface area contributed by atoms with E-state index in [9.17, 15) is 4.79 Å². The Balaban J connectivity index is 1.68. The van der Waals surface area contributed by atoms with Crippen molar-refractivity contribution < 1.29 is 9.53 Å². The minimum atomic E-state index is -0.0608. The lowest BCUT2D eigenvalue weighted by molar-refractivity contribution is -0.139. The maximum atomic E-state index is 11.0. The summed E-state index contributed by atoms with van der Waals surface area (Å²) in [5.74, 6) is 0.757. The van der Waals surface area contributed by atoms with Gasteiger partial charge in [-0.05, 0) is 25.3 Å². The molecular weight excluding hydrogens is 154 g/mol. The van der Waals surface area contributed by atoms with Crippen molar-refractivity contribution in [2.45, 2.75) is 31.7 Å². The standard InChI is InChI=1S/C9H15NO2/c11-9-8(4-5-12-9)10-6-7-2-1-3-7/h7-8,10H,1-6H2. The number of esters is 1. The summed E-state index contributed by atoms with van der Waals surface area (Å²) in [5.41, 5.74) is 0. The van der Waals surface area contributed by atoms with Gasteiger partial charge in [0.25, 0.3) is 0 Å². The van der Waals surface area contributed by atoms with Crippen LogP contribution in [0.15, 0.2) is 0 Å². The molecule has 1 N–H and O–H groups in total. The van der Waals surface area contributed by atoms with Crippen LogP contribution in [-0.2, 0) is 9.53 Å². The quantitative estimate of drug-likeness (QED) is 0.632. The molecule has 0 aromatic heterocycles. The van der Waals surface area contributed by atoms with Crippen LogP contribution in [0.1, 0.15) is 25.7 Å². The van der Waals surface area contributed by atoms with Crippen LogP contribution in [0.25, 0.3) is 0 Å². The lowest BCUT2D eigenvalue weighted by Gasteiger charge is -2.26. The van der Waals surface area contributed by atoms with Crippen molar-refractivity contribution >= 4 is 5.97 Å². The number of hydrogen-bond acceptors (Lipinski definition) is 3. The molecule has 0 radical (unpaired) electrons. The molecule has 68 valence electrons. The topological polar surface area (TPSA) is 38.3 Å². The van der Waals surface area contributed by atoms with E-state index in [-0.39, 0.29) is 12.0 Å². The zero-order valence-electron chi connectivity index (χ0n) is 7.21. The summed E-state index contributed by atoms with van der Waals surface area (Å²) in [4.78, 5) is 11.0. The predicted molar refractivity (Wildman–Crippen MR) is 44.7 cm³/mol. The molecule has 2 aliphatic rings. The lowest BCUT2D eigenvalue weighted by Crippen LogP contribution is -2.38. The Hall–Kier alpha value is -0.570. The number of hydrogen-bond donors (Lipinski definition) is 1. The lowest BCUT2D eigenvalue weighted by atomic mass is 9.85. The van der Waals surface area contributed by atoms with E-state index in [4.69, 9.17) is 4.74 Å². The average molecular weight is 169 g/mol. The molecule has 1 aliphatic carbocycles. The first-order valence-electron chi connectivity index (χ1n) is 4.76. The van der Waals surface area contributed by atoms with Gasteiger partial charge in [-0.1, -0.05) is 6.42 Å². The third kappa shape index (κ3) is 1.61. The smallest absolute Gasteiger partial charge is 0.323 e. The van der Waals surface area contributed by atoms with Crippen molar-refractivity contribution in [3.8, 4) is 0 Å². The van der Waals surface area contributed by atoms with Crippen LogP contribution in [0.5, 0.6) is 0 Å². The number of carbonyl (C=O) groups is 1. The summed E-state index contributed by atoms with van der Waals surface area (Å²) in [6.45, 7) is 1.60. The highest BCUT2D eigenvalue weighted by Gasteiger charge is 2.27. The third-order valence-electron chi connectivity index (χ3n) is 2.81. The fraction of sp³-hybridized carbons (Fsp3) is 0.889. The van der Waals surface area contributed by atoms with Gasteiger partial charge in [0.05, 0.1) is 6.61 Å². The molecule has 1 unspecified atom stereocenters. The molecule has 2 fully saturated rings. The Labute approximate surface area is 72.5 Å². The van der Waals surface area contributed by atoms with E-state index < -0.39 is 0 Å². The molecule has 0 spiro atoms. The third-order valence-corrected chi connectivity index (χ3v) is 2.81. The van der Waals surface area contributed by atoms with Gasteiger partial charge in [0.15, 0.2) is 0 Å². The molecule has 2 rings (SSSR count). The van der Waals surface area contributed by atoms with Crippen LogP contribution in [0.3, 0.4) is 0 Å². The highest BCUT2D eigenvalue weighted by Crippen LogP contribution is 2.25. The van der Waals surface area contributed by atoms with Crippen molar-refractivity contribution in [3.63, 3.8) is 0 Å². The van der Waals surface area contributed by atoms with Crippen molar-refractivity contribution in [2.75, 3.05) is 13.2 Å². The van der Waals surface area contributed by atoms with E-state index in [0.29, 0.717) is 6.61 Å². The van der Waals surface area contributed by atoms with Gasteiger partial charge in [-0.15, -0.1) is 0 Å². The summed E-state index contributed by atoms with van der Waals surface area (Å²) in [7, 11) is 0. The van der Waals surface area contributed by atoms with Gasteiger partial charge in [-0.2, -0.15) is 0 Å². The maximum Gasteiger partial charge on any atom is 0.323 e. The van der Waals surface area contributed by atoms with Gasteiger partial charge >= 0.3 is 5.97 Å².